The van der Waals surface area contributed by atoms with Crippen molar-refractivity contribution in [1.82, 2.24) is 20.5 Å². The van der Waals surface area contributed by atoms with Gasteiger partial charge in [0, 0.05) is 52.0 Å². The number of piperazine rings is 1. The Balaban J connectivity index is 1.17. The van der Waals surface area contributed by atoms with Crippen molar-refractivity contribution in [3.05, 3.63) is 54.2 Å². The molecular formula is C24H32N6O2. The molecule has 8 nitrogen and oxygen atoms in total. The molecule has 2 aromatic rings. The minimum atomic E-state index is -0.0481. The number of nitrogens with one attached hydrogen (secondary N) is 2. The molecule has 1 amide bonds. The van der Waals surface area contributed by atoms with Gasteiger partial charge in [0.2, 0.25) is 0 Å². The predicted octanol–water partition coefficient (Wildman–Crippen LogP) is 1.68. The number of amides is 1. The fourth-order valence-corrected chi connectivity index (χ4v) is 3.74. The second-order valence-corrected chi connectivity index (χ2v) is 8.16. The summed E-state index contributed by atoms with van der Waals surface area (Å²) in [4.78, 5) is 25.2. The first kappa shape index (κ1) is 21.9. The molecule has 4 rings (SSSR count). The molecule has 1 aliphatic carbocycles. The molecule has 2 heterocycles. The Morgan fingerprint density at radius 2 is 1.91 bits per heavy atom. The molecule has 1 aromatic carbocycles. The lowest BCUT2D eigenvalue weighted by molar-refractivity contribution is -0.123. The van der Waals surface area contributed by atoms with Crippen LogP contribution < -0.4 is 20.3 Å². The normalized spacial score (nSPS) is 16.6. The average molecular weight is 437 g/mol. The van der Waals surface area contributed by atoms with E-state index in [1.807, 2.05) is 49.6 Å². The number of benzene rings is 1. The zero-order chi connectivity index (χ0) is 22.2. The molecule has 2 fully saturated rings. The molecule has 2 N–H and O–H groups in total. The van der Waals surface area contributed by atoms with Crippen LogP contribution in [0.15, 0.2) is 53.7 Å². The third-order valence-electron chi connectivity index (χ3n) is 5.70. The van der Waals surface area contributed by atoms with E-state index in [-0.39, 0.29) is 12.5 Å². The third kappa shape index (κ3) is 6.35. The first-order chi connectivity index (χ1) is 15.7. The van der Waals surface area contributed by atoms with Crippen molar-refractivity contribution in [2.24, 2.45) is 4.99 Å². The van der Waals surface area contributed by atoms with Gasteiger partial charge in [-0.05, 0) is 49.1 Å². The van der Waals surface area contributed by atoms with Crippen molar-refractivity contribution in [3.8, 4) is 5.75 Å². The van der Waals surface area contributed by atoms with E-state index in [4.69, 9.17) is 4.74 Å². The van der Waals surface area contributed by atoms with Gasteiger partial charge in [-0.25, -0.2) is 4.98 Å². The number of carbonyl (C=O) groups is 1. The van der Waals surface area contributed by atoms with Crippen LogP contribution in [0.5, 0.6) is 5.75 Å². The minimum absolute atomic E-state index is 0.0481. The SMILES string of the molecule is CN=C(NCCc1ccc(OCC(=O)NC2CC2)cc1)N1CCN(c2ccccn2)CC1. The number of hydrogen-bond acceptors (Lipinski definition) is 5. The summed E-state index contributed by atoms with van der Waals surface area (Å²) in [6.07, 6.45) is 4.89. The average Bonchev–Trinajstić information content (AvgIpc) is 3.66. The fourth-order valence-electron chi connectivity index (χ4n) is 3.74. The number of hydrogen-bond donors (Lipinski definition) is 2. The summed E-state index contributed by atoms with van der Waals surface area (Å²) in [5.41, 5.74) is 1.21. The van der Waals surface area contributed by atoms with Crippen LogP contribution in [0.1, 0.15) is 18.4 Å². The first-order valence-corrected chi connectivity index (χ1v) is 11.3. The van der Waals surface area contributed by atoms with Crippen LogP contribution >= 0.6 is 0 Å². The second-order valence-electron chi connectivity index (χ2n) is 8.16. The molecule has 1 aliphatic heterocycles. The highest BCUT2D eigenvalue weighted by Gasteiger charge is 2.23. The van der Waals surface area contributed by atoms with E-state index >= 15 is 0 Å². The molecule has 0 spiro atoms. The Hall–Kier alpha value is -3.29. The van der Waals surface area contributed by atoms with Crippen molar-refractivity contribution < 1.29 is 9.53 Å². The summed E-state index contributed by atoms with van der Waals surface area (Å²) in [7, 11) is 1.83. The van der Waals surface area contributed by atoms with Gasteiger partial charge in [0.15, 0.2) is 12.6 Å². The van der Waals surface area contributed by atoms with E-state index in [0.717, 1.165) is 63.8 Å². The molecular weight excluding hydrogens is 404 g/mol. The highest BCUT2D eigenvalue weighted by atomic mass is 16.5. The third-order valence-corrected chi connectivity index (χ3v) is 5.70. The molecule has 1 saturated heterocycles. The second kappa shape index (κ2) is 10.8. The van der Waals surface area contributed by atoms with E-state index in [2.05, 4.69) is 36.5 Å². The summed E-state index contributed by atoms with van der Waals surface area (Å²) in [5.74, 6) is 2.64. The number of pyridine rings is 1. The quantitative estimate of drug-likeness (QED) is 0.484. The van der Waals surface area contributed by atoms with Crippen LogP contribution in [0.2, 0.25) is 0 Å². The molecule has 1 aromatic heterocycles. The summed E-state index contributed by atoms with van der Waals surface area (Å²) in [6.45, 7) is 4.56. The van der Waals surface area contributed by atoms with Gasteiger partial charge in [0.1, 0.15) is 11.6 Å². The predicted molar refractivity (Wildman–Crippen MR) is 126 cm³/mol. The van der Waals surface area contributed by atoms with Crippen LogP contribution in [0.4, 0.5) is 5.82 Å². The fraction of sp³-hybridized carbons (Fsp3) is 0.458. The lowest BCUT2D eigenvalue weighted by atomic mass is 10.1. The van der Waals surface area contributed by atoms with Gasteiger partial charge >= 0.3 is 0 Å². The van der Waals surface area contributed by atoms with E-state index in [1.165, 1.54) is 5.56 Å². The number of aliphatic imine (C=N–C) groups is 1. The number of carbonyl (C=O) groups excluding carboxylic acids is 1. The Kier molecular flexibility index (Phi) is 7.42. The van der Waals surface area contributed by atoms with Gasteiger partial charge < -0.3 is 25.2 Å². The maximum absolute atomic E-state index is 11.7. The standard InChI is InChI=1S/C24H32N6O2/c1-25-24(30-16-14-29(15-17-30)22-4-2-3-12-26-22)27-13-11-19-5-9-21(10-6-19)32-18-23(31)28-20-7-8-20/h2-6,9-10,12,20H,7-8,11,13-18H2,1H3,(H,25,27)(H,28,31). The van der Waals surface area contributed by atoms with Gasteiger partial charge in [0.25, 0.3) is 5.91 Å². The van der Waals surface area contributed by atoms with Crippen LogP contribution in [0.25, 0.3) is 0 Å². The van der Waals surface area contributed by atoms with Crippen LogP contribution in [0.3, 0.4) is 0 Å². The van der Waals surface area contributed by atoms with Gasteiger partial charge in [-0.3, -0.25) is 9.79 Å². The lowest BCUT2D eigenvalue weighted by Gasteiger charge is -2.37. The number of guanidine groups is 1. The highest BCUT2D eigenvalue weighted by molar-refractivity contribution is 5.80. The zero-order valence-corrected chi connectivity index (χ0v) is 18.7. The van der Waals surface area contributed by atoms with Gasteiger partial charge in [-0.2, -0.15) is 0 Å². The smallest absolute Gasteiger partial charge is 0.258 e. The van der Waals surface area contributed by atoms with Crippen molar-refractivity contribution in [1.29, 1.82) is 0 Å². The van der Waals surface area contributed by atoms with Crippen molar-refractivity contribution in [2.75, 3.05) is 51.3 Å². The van der Waals surface area contributed by atoms with Gasteiger partial charge in [0.05, 0.1) is 0 Å². The molecule has 1 saturated carbocycles. The van der Waals surface area contributed by atoms with Gasteiger partial charge in [-0.15, -0.1) is 0 Å². The molecule has 0 unspecified atom stereocenters. The molecule has 0 atom stereocenters. The molecule has 0 radical (unpaired) electrons. The number of anilines is 1. The van der Waals surface area contributed by atoms with Crippen molar-refractivity contribution >= 4 is 17.7 Å². The molecule has 8 heteroatoms. The van der Waals surface area contributed by atoms with E-state index < -0.39 is 0 Å². The van der Waals surface area contributed by atoms with Crippen LogP contribution in [0, 0.1) is 0 Å². The largest absolute Gasteiger partial charge is 0.484 e. The topological polar surface area (TPSA) is 82.1 Å². The Morgan fingerprint density at radius 1 is 1.12 bits per heavy atom. The van der Waals surface area contributed by atoms with Crippen LogP contribution in [-0.2, 0) is 11.2 Å². The number of rotatable bonds is 8. The summed E-state index contributed by atoms with van der Waals surface area (Å²) >= 11 is 0. The summed E-state index contributed by atoms with van der Waals surface area (Å²) < 4.78 is 5.57. The maximum Gasteiger partial charge on any atom is 0.258 e. The Bertz CT molecular complexity index is 890. The van der Waals surface area contributed by atoms with E-state index in [9.17, 15) is 4.79 Å². The highest BCUT2D eigenvalue weighted by Crippen LogP contribution is 2.18. The monoisotopic (exact) mass is 436 g/mol. The lowest BCUT2D eigenvalue weighted by Crippen LogP contribution is -2.53. The Morgan fingerprint density at radius 3 is 2.56 bits per heavy atom. The molecule has 0 bridgehead atoms. The molecule has 32 heavy (non-hydrogen) atoms. The molecule has 2 aliphatic rings. The summed E-state index contributed by atoms with van der Waals surface area (Å²) in [6, 6.07) is 14.3. The number of nitrogens with zero attached hydrogens (tertiary/aromatic N) is 4. The first-order valence-electron chi connectivity index (χ1n) is 11.3. The van der Waals surface area contributed by atoms with E-state index in [1.54, 1.807) is 0 Å². The van der Waals surface area contributed by atoms with E-state index in [0.29, 0.717) is 11.8 Å². The number of ether oxygens (including phenoxy) is 1. The summed E-state index contributed by atoms with van der Waals surface area (Å²) in [5, 5.41) is 6.40. The number of aromatic nitrogens is 1. The molecule has 170 valence electrons. The minimum Gasteiger partial charge on any atom is -0.484 e. The van der Waals surface area contributed by atoms with Crippen LogP contribution in [-0.4, -0.2) is 74.2 Å². The van der Waals surface area contributed by atoms with Crippen molar-refractivity contribution in [3.63, 3.8) is 0 Å². The van der Waals surface area contributed by atoms with Gasteiger partial charge in [-0.1, -0.05) is 18.2 Å². The Labute approximate surface area is 189 Å². The zero-order valence-electron chi connectivity index (χ0n) is 18.7. The maximum atomic E-state index is 11.7. The van der Waals surface area contributed by atoms with Crippen molar-refractivity contribution in [2.45, 2.75) is 25.3 Å².